The maximum Gasteiger partial charge on any atom is 0.248 e. The van der Waals surface area contributed by atoms with Crippen molar-refractivity contribution in [2.45, 2.75) is 57.2 Å². The molecule has 7 heteroatoms. The fraction of sp³-hybridized carbons (Fsp3) is 0.857. The second kappa shape index (κ2) is 7.03. The van der Waals surface area contributed by atoms with Crippen LogP contribution in [0.4, 0.5) is 0 Å². The summed E-state index contributed by atoms with van der Waals surface area (Å²) < 4.78 is 2.02. The molecule has 2 rings (SSSR count). The molecule has 0 radical (unpaired) electrons. The minimum atomic E-state index is -1.33. The second-order valence-electron chi connectivity index (χ2n) is 6.25. The van der Waals surface area contributed by atoms with Crippen LogP contribution in [0.5, 0.6) is 0 Å². The molecule has 6 atom stereocenters. The van der Waals surface area contributed by atoms with Crippen LogP contribution in [-0.2, 0) is 9.59 Å². The fourth-order valence-electron chi connectivity index (χ4n) is 3.77. The molecule has 4 N–H and O–H groups in total. The number of hydrogen-bond acceptors (Lipinski definition) is 4. The van der Waals surface area contributed by atoms with Crippen LogP contribution < -0.4 is 11.1 Å². The van der Waals surface area contributed by atoms with Gasteiger partial charge in [-0.05, 0) is 31.1 Å². The molecule has 1 aliphatic carbocycles. The van der Waals surface area contributed by atoms with Crippen molar-refractivity contribution < 1.29 is 14.7 Å². The molecule has 2 aliphatic rings. The number of aliphatic hydroxyl groups excluding tert-OH is 1. The first kappa shape index (κ1) is 16.7. The first-order valence-corrected chi connectivity index (χ1v) is 8.26. The maximum atomic E-state index is 12.6. The third kappa shape index (κ3) is 3.55. The Labute approximate surface area is 128 Å². The monoisotopic (exact) mass is 315 g/mol. The summed E-state index contributed by atoms with van der Waals surface area (Å²) >= 11 is 0. The van der Waals surface area contributed by atoms with E-state index < -0.39 is 18.1 Å². The lowest BCUT2D eigenvalue weighted by Crippen LogP contribution is -2.53. The predicted molar refractivity (Wildman–Crippen MR) is 83.1 cm³/mol. The number of fused-ring (bicyclic) bond motifs is 1. The number of nitrogens with zero attached hydrogens (tertiary/aromatic N) is 1. The van der Waals surface area contributed by atoms with Gasteiger partial charge in [-0.3, -0.25) is 14.3 Å². The van der Waals surface area contributed by atoms with Crippen molar-refractivity contribution in [2.75, 3.05) is 6.54 Å². The number of rotatable bonds is 6. The molecular formula is C14H26N3O3P. The highest BCUT2D eigenvalue weighted by molar-refractivity contribution is 7.13. The van der Waals surface area contributed by atoms with Gasteiger partial charge >= 0.3 is 0 Å². The van der Waals surface area contributed by atoms with Crippen LogP contribution >= 0.6 is 9.39 Å². The Bertz CT molecular complexity index is 407. The molecule has 0 aromatic heterocycles. The minimum absolute atomic E-state index is 0.0989. The van der Waals surface area contributed by atoms with Gasteiger partial charge < -0.3 is 16.2 Å². The molecule has 1 saturated heterocycles. The summed E-state index contributed by atoms with van der Waals surface area (Å²) in [5.74, 6) is 0.0826. The van der Waals surface area contributed by atoms with Gasteiger partial charge in [0.1, 0.15) is 0 Å². The van der Waals surface area contributed by atoms with Crippen molar-refractivity contribution in [3.8, 4) is 0 Å². The number of carbonyl (C=O) groups is 2. The van der Waals surface area contributed by atoms with Crippen LogP contribution in [0.2, 0.25) is 0 Å². The van der Waals surface area contributed by atoms with E-state index in [1.807, 2.05) is 11.6 Å². The van der Waals surface area contributed by atoms with Crippen molar-refractivity contribution >= 4 is 21.2 Å². The lowest BCUT2D eigenvalue weighted by molar-refractivity contribution is -0.131. The molecule has 0 aromatic carbocycles. The standard InChI is InChI=1S/C14H26N3O3P/c1-2-4-10(12(18)13(15)19)16-14(20)11-9-6-3-5-8(9)7-17(11)21/h8-12,18H,2-7,21H2,1H3,(H2,15,19)(H,16,20)/t8-,9-,10-,11-,12?/m0/s1. The van der Waals surface area contributed by atoms with Crippen molar-refractivity contribution in [3.05, 3.63) is 0 Å². The molecule has 1 saturated carbocycles. The van der Waals surface area contributed by atoms with E-state index in [0.29, 0.717) is 18.3 Å². The Morgan fingerprint density at radius 1 is 1.48 bits per heavy atom. The Kier molecular flexibility index (Phi) is 5.58. The molecular weight excluding hydrogens is 289 g/mol. The van der Waals surface area contributed by atoms with E-state index in [4.69, 9.17) is 5.73 Å². The van der Waals surface area contributed by atoms with Gasteiger partial charge in [0.2, 0.25) is 11.8 Å². The maximum absolute atomic E-state index is 12.6. The number of nitrogens with two attached hydrogens (primary N) is 1. The summed E-state index contributed by atoms with van der Waals surface area (Å²) in [6, 6.07) is -0.777. The van der Waals surface area contributed by atoms with Crippen LogP contribution in [0.25, 0.3) is 0 Å². The van der Waals surface area contributed by atoms with E-state index in [0.717, 1.165) is 19.4 Å². The zero-order valence-electron chi connectivity index (χ0n) is 12.5. The predicted octanol–water partition coefficient (Wildman–Crippen LogP) is 0.00810. The number of aliphatic hydroxyl groups is 1. The van der Waals surface area contributed by atoms with E-state index >= 15 is 0 Å². The van der Waals surface area contributed by atoms with Gasteiger partial charge in [-0.25, -0.2) is 0 Å². The Morgan fingerprint density at radius 3 is 2.81 bits per heavy atom. The zero-order chi connectivity index (χ0) is 15.6. The van der Waals surface area contributed by atoms with E-state index in [9.17, 15) is 14.7 Å². The van der Waals surface area contributed by atoms with Gasteiger partial charge in [0.25, 0.3) is 0 Å². The van der Waals surface area contributed by atoms with Gasteiger partial charge in [0, 0.05) is 6.54 Å². The molecule has 6 nitrogen and oxygen atoms in total. The molecule has 2 unspecified atom stereocenters. The summed E-state index contributed by atoms with van der Waals surface area (Å²) in [7, 11) is 2.64. The lowest BCUT2D eigenvalue weighted by Gasteiger charge is -2.28. The van der Waals surface area contributed by atoms with Crippen LogP contribution in [0.3, 0.4) is 0 Å². The van der Waals surface area contributed by atoms with E-state index in [1.54, 1.807) is 0 Å². The summed E-state index contributed by atoms with van der Waals surface area (Å²) in [6.45, 7) is 2.86. The van der Waals surface area contributed by atoms with Gasteiger partial charge in [-0.2, -0.15) is 0 Å². The Balaban J connectivity index is 2.02. The summed E-state index contributed by atoms with van der Waals surface area (Å²) in [5, 5.41) is 12.7. The van der Waals surface area contributed by atoms with Crippen molar-refractivity contribution in [3.63, 3.8) is 0 Å². The van der Waals surface area contributed by atoms with E-state index in [1.165, 1.54) is 12.8 Å². The van der Waals surface area contributed by atoms with Crippen molar-refractivity contribution in [2.24, 2.45) is 17.6 Å². The van der Waals surface area contributed by atoms with Crippen LogP contribution in [-0.4, -0.2) is 46.3 Å². The van der Waals surface area contributed by atoms with Crippen molar-refractivity contribution in [1.29, 1.82) is 0 Å². The molecule has 2 amide bonds. The average Bonchev–Trinajstić information content (AvgIpc) is 2.96. The van der Waals surface area contributed by atoms with Gasteiger partial charge in [0.05, 0.1) is 12.1 Å². The SMILES string of the molecule is CCC[C@H](NC(=O)[C@@H]1[C@H]2CCC[C@H]2CN1P)C(O)C(N)=O. The number of primary amides is 1. The summed E-state index contributed by atoms with van der Waals surface area (Å²) in [6.07, 6.45) is 3.41. The highest BCUT2D eigenvalue weighted by Gasteiger charge is 2.46. The van der Waals surface area contributed by atoms with Gasteiger partial charge in [-0.1, -0.05) is 29.2 Å². The summed E-state index contributed by atoms with van der Waals surface area (Å²) in [4.78, 5) is 23.8. The molecule has 1 aliphatic heterocycles. The van der Waals surface area contributed by atoms with Crippen LogP contribution in [0.1, 0.15) is 39.0 Å². The van der Waals surface area contributed by atoms with E-state index in [-0.39, 0.29) is 11.9 Å². The molecule has 120 valence electrons. The molecule has 21 heavy (non-hydrogen) atoms. The number of amides is 2. The molecule has 0 aromatic rings. The molecule has 0 spiro atoms. The molecule has 2 fully saturated rings. The number of nitrogens with one attached hydrogen (secondary N) is 1. The first-order chi connectivity index (χ1) is 9.95. The third-order valence-corrected chi connectivity index (χ3v) is 5.33. The molecule has 1 heterocycles. The largest absolute Gasteiger partial charge is 0.381 e. The Hall–Kier alpha value is -0.710. The van der Waals surface area contributed by atoms with Gasteiger partial charge in [-0.15, -0.1) is 0 Å². The van der Waals surface area contributed by atoms with E-state index in [2.05, 4.69) is 14.7 Å². The quantitative estimate of drug-likeness (QED) is 0.602. The first-order valence-electron chi connectivity index (χ1n) is 7.74. The average molecular weight is 315 g/mol. The normalized spacial score (nSPS) is 31.7. The highest BCUT2D eigenvalue weighted by Crippen LogP contribution is 2.43. The second-order valence-corrected chi connectivity index (χ2v) is 6.91. The topological polar surface area (TPSA) is 95.7 Å². The summed E-state index contributed by atoms with van der Waals surface area (Å²) in [5.41, 5.74) is 5.15. The number of hydrogen-bond donors (Lipinski definition) is 3. The lowest BCUT2D eigenvalue weighted by atomic mass is 9.93. The zero-order valence-corrected chi connectivity index (χ0v) is 13.6. The van der Waals surface area contributed by atoms with Gasteiger partial charge in [0.15, 0.2) is 6.10 Å². The minimum Gasteiger partial charge on any atom is -0.381 e. The van der Waals surface area contributed by atoms with Crippen LogP contribution in [0.15, 0.2) is 0 Å². The molecule has 0 bridgehead atoms. The highest BCUT2D eigenvalue weighted by atomic mass is 31.0. The van der Waals surface area contributed by atoms with Crippen LogP contribution in [0, 0.1) is 11.8 Å². The van der Waals surface area contributed by atoms with Crippen molar-refractivity contribution in [1.82, 2.24) is 9.99 Å². The smallest absolute Gasteiger partial charge is 0.248 e. The number of carbonyl (C=O) groups excluding carboxylic acids is 2. The third-order valence-electron chi connectivity index (χ3n) is 4.79. The fourth-order valence-corrected chi connectivity index (χ4v) is 4.40. The Morgan fingerprint density at radius 2 is 2.19 bits per heavy atom.